The lowest BCUT2D eigenvalue weighted by Gasteiger charge is -2.33. The zero-order valence-corrected chi connectivity index (χ0v) is 14.8. The molecule has 0 unspecified atom stereocenters. The van der Waals surface area contributed by atoms with E-state index in [0.29, 0.717) is 12.3 Å². The van der Waals surface area contributed by atoms with E-state index in [1.54, 1.807) is 30.4 Å². The number of thiophene rings is 1. The van der Waals surface area contributed by atoms with Gasteiger partial charge in [0, 0.05) is 38.7 Å². The first-order valence-corrected chi connectivity index (χ1v) is 9.01. The molecule has 1 aromatic rings. The Balaban J connectivity index is 1.72. The molecule has 0 N–H and O–H groups in total. The number of carbonyl (C=O) groups excluding carboxylic acids is 2. The van der Waals surface area contributed by atoms with Gasteiger partial charge in [0.1, 0.15) is 0 Å². The van der Waals surface area contributed by atoms with Crippen LogP contribution in [0.2, 0.25) is 0 Å². The molecule has 1 aliphatic rings. The number of hydrogen-bond donors (Lipinski definition) is 0. The van der Waals surface area contributed by atoms with Crippen molar-refractivity contribution in [2.45, 2.75) is 25.7 Å². The highest BCUT2D eigenvalue weighted by Crippen LogP contribution is 2.20. The molecule has 0 bridgehead atoms. The summed E-state index contributed by atoms with van der Waals surface area (Å²) in [6.45, 7) is 2.55. The molecule has 1 aromatic heterocycles. The summed E-state index contributed by atoms with van der Waals surface area (Å²) in [5.41, 5.74) is 0. The van der Waals surface area contributed by atoms with Crippen molar-refractivity contribution in [3.05, 3.63) is 22.4 Å². The highest BCUT2D eigenvalue weighted by atomic mass is 32.1. The van der Waals surface area contributed by atoms with Crippen LogP contribution in [0, 0.1) is 5.92 Å². The fourth-order valence-corrected chi connectivity index (χ4v) is 3.54. The Morgan fingerprint density at radius 1 is 1.39 bits per heavy atom. The largest absolute Gasteiger partial charge is 0.385 e. The van der Waals surface area contributed by atoms with Gasteiger partial charge in [-0.3, -0.25) is 9.59 Å². The van der Waals surface area contributed by atoms with Crippen molar-refractivity contribution in [3.8, 4) is 0 Å². The maximum Gasteiger partial charge on any atom is 0.242 e. The monoisotopic (exact) mass is 338 g/mol. The van der Waals surface area contributed by atoms with Gasteiger partial charge in [-0.2, -0.15) is 0 Å². The Labute approximate surface area is 142 Å². The van der Waals surface area contributed by atoms with E-state index >= 15 is 0 Å². The molecule has 1 saturated heterocycles. The van der Waals surface area contributed by atoms with Crippen molar-refractivity contribution < 1.29 is 14.3 Å². The summed E-state index contributed by atoms with van der Waals surface area (Å²) in [4.78, 5) is 29.0. The Bertz CT molecular complexity index is 496. The summed E-state index contributed by atoms with van der Waals surface area (Å²) in [6.07, 6.45) is 3.50. The molecule has 0 spiro atoms. The zero-order valence-electron chi connectivity index (χ0n) is 14.0. The molecular formula is C17H26N2O3S. The number of hydrogen-bond acceptors (Lipinski definition) is 4. The van der Waals surface area contributed by atoms with Gasteiger partial charge in [-0.05, 0) is 36.6 Å². The minimum Gasteiger partial charge on any atom is -0.385 e. The number of carbonyl (C=O) groups is 2. The Morgan fingerprint density at radius 2 is 2.13 bits per heavy atom. The fraction of sp³-hybridized carbons (Fsp3) is 0.647. The van der Waals surface area contributed by atoms with Crippen LogP contribution in [-0.2, 0) is 20.7 Å². The van der Waals surface area contributed by atoms with Crippen molar-refractivity contribution in [2.24, 2.45) is 5.92 Å². The highest BCUT2D eigenvalue weighted by molar-refractivity contribution is 7.10. The quantitative estimate of drug-likeness (QED) is 0.764. The molecule has 1 aliphatic heterocycles. The molecule has 2 heterocycles. The zero-order chi connectivity index (χ0) is 16.7. The molecule has 0 atom stereocenters. The van der Waals surface area contributed by atoms with Crippen molar-refractivity contribution >= 4 is 23.2 Å². The van der Waals surface area contributed by atoms with Crippen molar-refractivity contribution in [2.75, 3.05) is 40.4 Å². The number of amides is 2. The van der Waals surface area contributed by atoms with Gasteiger partial charge in [0.25, 0.3) is 0 Å². The molecule has 6 heteroatoms. The molecular weight excluding hydrogens is 312 g/mol. The molecule has 0 radical (unpaired) electrons. The Morgan fingerprint density at radius 3 is 2.74 bits per heavy atom. The summed E-state index contributed by atoms with van der Waals surface area (Å²) >= 11 is 1.57. The Kier molecular flexibility index (Phi) is 7.05. The van der Waals surface area contributed by atoms with Gasteiger partial charge in [0.2, 0.25) is 11.8 Å². The summed E-state index contributed by atoms with van der Waals surface area (Å²) < 4.78 is 5.12. The summed E-state index contributed by atoms with van der Waals surface area (Å²) in [5, 5.41) is 1.96. The second-order valence-electron chi connectivity index (χ2n) is 6.11. The van der Waals surface area contributed by atoms with Gasteiger partial charge in [-0.25, -0.2) is 0 Å². The topological polar surface area (TPSA) is 49.9 Å². The number of nitrogens with zero attached hydrogens (tertiary/aromatic N) is 2. The van der Waals surface area contributed by atoms with Crippen LogP contribution in [0.25, 0.3) is 0 Å². The van der Waals surface area contributed by atoms with Crippen LogP contribution in [-0.4, -0.2) is 62.0 Å². The van der Waals surface area contributed by atoms with Crippen LogP contribution in [0.5, 0.6) is 0 Å². The molecule has 2 rings (SSSR count). The van der Waals surface area contributed by atoms with Crippen LogP contribution in [0.4, 0.5) is 0 Å². The van der Waals surface area contributed by atoms with Gasteiger partial charge in [-0.15, -0.1) is 11.3 Å². The van der Waals surface area contributed by atoms with Crippen LogP contribution >= 0.6 is 11.3 Å². The minimum atomic E-state index is -0.00391. The number of piperidine rings is 1. The number of ether oxygens (including phenoxy) is 1. The smallest absolute Gasteiger partial charge is 0.242 e. The second kappa shape index (κ2) is 9.03. The third-order valence-corrected chi connectivity index (χ3v) is 5.28. The van der Waals surface area contributed by atoms with Gasteiger partial charge in [0.15, 0.2) is 0 Å². The molecule has 2 amide bonds. The Hall–Kier alpha value is -1.40. The lowest BCUT2D eigenvalue weighted by molar-refractivity contribution is -0.140. The lowest BCUT2D eigenvalue weighted by atomic mass is 9.94. The van der Waals surface area contributed by atoms with Gasteiger partial charge < -0.3 is 14.5 Å². The first-order chi connectivity index (χ1) is 11.1. The lowest BCUT2D eigenvalue weighted by Crippen LogP contribution is -2.45. The van der Waals surface area contributed by atoms with Crippen molar-refractivity contribution in [3.63, 3.8) is 0 Å². The normalized spacial score (nSPS) is 15.7. The average Bonchev–Trinajstić information content (AvgIpc) is 3.06. The highest BCUT2D eigenvalue weighted by Gasteiger charge is 2.24. The van der Waals surface area contributed by atoms with Crippen molar-refractivity contribution in [1.82, 2.24) is 9.80 Å². The standard InChI is InChI=1S/C17H26N2O3S/c1-18(16(20)12-15-4-3-11-23-15)13-17(21)19-8-5-14(6-9-19)7-10-22-2/h3-4,11,14H,5-10,12-13H2,1-2H3. The fourth-order valence-electron chi connectivity index (χ4n) is 2.84. The minimum absolute atomic E-state index is 0.00391. The van der Waals surface area contributed by atoms with E-state index in [2.05, 4.69) is 0 Å². The molecule has 5 nitrogen and oxygen atoms in total. The predicted octanol–water partition coefficient (Wildman–Crippen LogP) is 2.02. The van der Waals surface area contributed by atoms with Gasteiger partial charge >= 0.3 is 0 Å². The van der Waals surface area contributed by atoms with E-state index in [1.807, 2.05) is 22.4 Å². The van der Waals surface area contributed by atoms with E-state index in [-0.39, 0.29) is 18.4 Å². The van der Waals surface area contributed by atoms with E-state index < -0.39 is 0 Å². The van der Waals surface area contributed by atoms with E-state index in [1.165, 1.54) is 0 Å². The molecule has 23 heavy (non-hydrogen) atoms. The number of methoxy groups -OCH3 is 1. The third kappa shape index (κ3) is 5.62. The van der Waals surface area contributed by atoms with E-state index in [9.17, 15) is 9.59 Å². The first kappa shape index (κ1) is 17.9. The predicted molar refractivity (Wildman–Crippen MR) is 91.5 cm³/mol. The van der Waals surface area contributed by atoms with Gasteiger partial charge in [0.05, 0.1) is 13.0 Å². The molecule has 1 fully saturated rings. The third-order valence-electron chi connectivity index (χ3n) is 4.40. The van der Waals surface area contributed by atoms with Crippen LogP contribution < -0.4 is 0 Å². The summed E-state index contributed by atoms with van der Waals surface area (Å²) in [5.74, 6) is 0.699. The van der Waals surface area contributed by atoms with E-state index in [0.717, 1.165) is 43.8 Å². The first-order valence-electron chi connectivity index (χ1n) is 8.13. The second-order valence-corrected chi connectivity index (χ2v) is 7.14. The van der Waals surface area contributed by atoms with E-state index in [4.69, 9.17) is 4.74 Å². The molecule has 0 aliphatic carbocycles. The van der Waals surface area contributed by atoms with Crippen LogP contribution in [0.1, 0.15) is 24.1 Å². The van der Waals surface area contributed by atoms with Crippen LogP contribution in [0.15, 0.2) is 17.5 Å². The molecule has 128 valence electrons. The summed E-state index contributed by atoms with van der Waals surface area (Å²) in [7, 11) is 3.43. The number of rotatable bonds is 7. The maximum atomic E-state index is 12.3. The number of likely N-dealkylation sites (N-methyl/N-ethyl adjacent to an activating group) is 1. The SMILES string of the molecule is COCCC1CCN(C(=O)CN(C)C(=O)Cc2cccs2)CC1. The maximum absolute atomic E-state index is 12.3. The van der Waals surface area contributed by atoms with Crippen LogP contribution in [0.3, 0.4) is 0 Å². The molecule has 0 aromatic carbocycles. The van der Waals surface area contributed by atoms with Crippen molar-refractivity contribution in [1.29, 1.82) is 0 Å². The summed E-state index contributed by atoms with van der Waals surface area (Å²) in [6, 6.07) is 3.88. The molecule has 0 saturated carbocycles. The average molecular weight is 338 g/mol. The number of likely N-dealkylation sites (tertiary alicyclic amines) is 1. The van der Waals surface area contributed by atoms with Gasteiger partial charge in [-0.1, -0.05) is 6.07 Å².